The molecule has 1 saturated carbocycles. The first-order valence-electron chi connectivity index (χ1n) is 10.2. The van der Waals surface area contributed by atoms with Crippen LogP contribution in [0.3, 0.4) is 0 Å². The Hall–Kier alpha value is -1.36. The molecule has 27 heavy (non-hydrogen) atoms. The molecule has 1 aromatic carbocycles. The van der Waals surface area contributed by atoms with E-state index in [1.165, 1.54) is 31.5 Å². The molecule has 148 valence electrons. The highest BCUT2D eigenvalue weighted by Crippen LogP contribution is 2.41. The van der Waals surface area contributed by atoms with Crippen LogP contribution in [-0.4, -0.2) is 37.3 Å². The molecule has 1 unspecified atom stereocenters. The monoisotopic (exact) mass is 391 g/mol. The number of quaternary nitrogens is 1. The van der Waals surface area contributed by atoms with Crippen LogP contribution in [0.15, 0.2) is 42.0 Å². The van der Waals surface area contributed by atoms with Gasteiger partial charge in [-0.15, -0.1) is 0 Å². The highest BCUT2D eigenvalue weighted by Gasteiger charge is 2.47. The second-order valence-electron chi connectivity index (χ2n) is 8.19. The van der Waals surface area contributed by atoms with Crippen molar-refractivity contribution >= 4 is 5.97 Å². The Kier molecular flexibility index (Phi) is 6.61. The fourth-order valence-corrected chi connectivity index (χ4v) is 5.14. The Morgan fingerprint density at radius 1 is 1.15 bits per heavy atom. The van der Waals surface area contributed by atoms with Gasteiger partial charge in [0.15, 0.2) is 5.60 Å². The quantitative estimate of drug-likeness (QED) is 0.492. The molecule has 1 aliphatic carbocycles. The fourth-order valence-electron chi connectivity index (χ4n) is 5.14. The predicted octanol–water partition coefficient (Wildman–Crippen LogP) is -1.15. The number of esters is 1. The van der Waals surface area contributed by atoms with Crippen molar-refractivity contribution in [3.63, 3.8) is 0 Å². The van der Waals surface area contributed by atoms with E-state index in [9.17, 15) is 9.90 Å². The first kappa shape index (κ1) is 20.4. The molecule has 4 nitrogen and oxygen atoms in total. The smallest absolute Gasteiger partial charge is 0.343 e. The van der Waals surface area contributed by atoms with Crippen molar-refractivity contribution in [1.82, 2.24) is 0 Å². The Bertz CT molecular complexity index is 663. The van der Waals surface area contributed by atoms with Crippen LogP contribution in [0.2, 0.25) is 0 Å². The van der Waals surface area contributed by atoms with Crippen LogP contribution < -0.4 is 17.3 Å². The van der Waals surface area contributed by atoms with E-state index in [4.69, 9.17) is 4.74 Å². The summed E-state index contributed by atoms with van der Waals surface area (Å²) in [4.78, 5) is 14.6. The SMILES string of the molecule is O=C(OC/C=C1/C[NH+]2CCC1CC2)C(O)(c1ccccc1)C1CCCC1.[Cl-]. The van der Waals surface area contributed by atoms with E-state index in [2.05, 4.69) is 6.08 Å². The van der Waals surface area contributed by atoms with Crippen LogP contribution in [0.4, 0.5) is 0 Å². The molecule has 0 spiro atoms. The number of fused-ring (bicyclic) bond motifs is 3. The van der Waals surface area contributed by atoms with Gasteiger partial charge in [-0.3, -0.25) is 0 Å². The molecule has 5 heteroatoms. The summed E-state index contributed by atoms with van der Waals surface area (Å²) in [6, 6.07) is 9.34. The second-order valence-corrected chi connectivity index (χ2v) is 8.19. The zero-order valence-corrected chi connectivity index (χ0v) is 16.6. The van der Waals surface area contributed by atoms with E-state index in [-0.39, 0.29) is 24.9 Å². The van der Waals surface area contributed by atoms with Crippen molar-refractivity contribution in [3.05, 3.63) is 47.5 Å². The number of rotatable bonds is 5. The lowest BCUT2D eigenvalue weighted by Gasteiger charge is -2.38. The lowest BCUT2D eigenvalue weighted by Crippen LogP contribution is -3.15. The third-order valence-electron chi connectivity index (χ3n) is 6.70. The summed E-state index contributed by atoms with van der Waals surface area (Å²) in [7, 11) is 0. The van der Waals surface area contributed by atoms with Gasteiger partial charge in [-0.1, -0.05) is 43.2 Å². The summed E-state index contributed by atoms with van der Waals surface area (Å²) < 4.78 is 5.61. The molecule has 4 fully saturated rings. The fraction of sp³-hybridized carbons (Fsp3) is 0.591. The molecule has 0 radical (unpaired) electrons. The zero-order chi connectivity index (χ0) is 18.0. The van der Waals surface area contributed by atoms with E-state index < -0.39 is 11.6 Å². The molecule has 0 amide bonds. The van der Waals surface area contributed by atoms with Crippen molar-refractivity contribution in [2.75, 3.05) is 26.2 Å². The number of hydrogen-bond acceptors (Lipinski definition) is 3. The topological polar surface area (TPSA) is 51.0 Å². The van der Waals surface area contributed by atoms with Crippen LogP contribution in [0.5, 0.6) is 0 Å². The van der Waals surface area contributed by atoms with E-state index in [1.54, 1.807) is 4.90 Å². The van der Waals surface area contributed by atoms with E-state index in [1.807, 2.05) is 30.3 Å². The number of piperidine rings is 3. The number of nitrogens with one attached hydrogen (secondary N) is 1. The summed E-state index contributed by atoms with van der Waals surface area (Å²) >= 11 is 0. The van der Waals surface area contributed by atoms with Gasteiger partial charge in [0.05, 0.1) is 19.6 Å². The molecule has 0 aromatic heterocycles. The van der Waals surface area contributed by atoms with E-state index >= 15 is 0 Å². The molecule has 3 aliphatic heterocycles. The Morgan fingerprint density at radius 2 is 1.81 bits per heavy atom. The number of benzene rings is 1. The van der Waals surface area contributed by atoms with Crippen molar-refractivity contribution in [3.8, 4) is 0 Å². The molecule has 1 aromatic rings. The second kappa shape index (κ2) is 8.76. The number of halogens is 1. The summed E-state index contributed by atoms with van der Waals surface area (Å²) in [6.07, 6.45) is 8.50. The third-order valence-corrected chi connectivity index (χ3v) is 6.70. The molecule has 1 atom stereocenters. The van der Waals surface area contributed by atoms with Crippen LogP contribution in [0.25, 0.3) is 0 Å². The van der Waals surface area contributed by atoms with Crippen molar-refractivity contribution in [2.24, 2.45) is 11.8 Å². The van der Waals surface area contributed by atoms with Gasteiger partial charge in [-0.2, -0.15) is 0 Å². The molecule has 4 aliphatic rings. The Balaban J connectivity index is 0.00000210. The average Bonchev–Trinajstić information content (AvgIpc) is 3.24. The summed E-state index contributed by atoms with van der Waals surface area (Å²) in [5, 5.41) is 11.4. The average molecular weight is 392 g/mol. The van der Waals surface area contributed by atoms with Crippen molar-refractivity contribution in [1.29, 1.82) is 0 Å². The van der Waals surface area contributed by atoms with Gasteiger partial charge in [0, 0.05) is 18.8 Å². The van der Waals surface area contributed by atoms with E-state index in [0.29, 0.717) is 11.5 Å². The van der Waals surface area contributed by atoms with Crippen LogP contribution >= 0.6 is 0 Å². The molecule has 5 rings (SSSR count). The first-order valence-corrected chi connectivity index (χ1v) is 10.2. The summed E-state index contributed by atoms with van der Waals surface area (Å²) in [5.41, 5.74) is 0.586. The van der Waals surface area contributed by atoms with Gasteiger partial charge >= 0.3 is 5.97 Å². The highest BCUT2D eigenvalue weighted by molar-refractivity contribution is 5.81. The van der Waals surface area contributed by atoms with Gasteiger partial charge in [0.1, 0.15) is 6.61 Å². The first-order chi connectivity index (χ1) is 12.7. The van der Waals surface area contributed by atoms with Crippen LogP contribution in [0, 0.1) is 11.8 Å². The Morgan fingerprint density at radius 3 is 2.41 bits per heavy atom. The predicted molar refractivity (Wildman–Crippen MR) is 99.6 cm³/mol. The normalized spacial score (nSPS) is 28.6. The molecule has 3 saturated heterocycles. The standard InChI is InChI=1S/C22H29NO3.ClH/c24-21(26-15-12-18-16-23-13-10-17(18)11-14-23)22(25,20-8-4-5-9-20)19-6-2-1-3-7-19;/h1-3,6-7,12,17,20,25H,4-5,8-11,13-16H2;1H/b18-12-;. The molecule has 2 N–H and O–H groups in total. The number of hydrogen-bond donors (Lipinski definition) is 2. The highest BCUT2D eigenvalue weighted by atomic mass is 35.5. The van der Waals surface area contributed by atoms with Gasteiger partial charge in [-0.25, -0.2) is 4.79 Å². The molecular weight excluding hydrogens is 362 g/mol. The van der Waals surface area contributed by atoms with Gasteiger partial charge < -0.3 is 27.2 Å². The zero-order valence-electron chi connectivity index (χ0n) is 15.8. The number of aliphatic hydroxyl groups is 1. The van der Waals surface area contributed by atoms with Crippen molar-refractivity contribution in [2.45, 2.75) is 44.1 Å². The number of carbonyl (C=O) groups is 1. The number of carbonyl (C=O) groups excluding carboxylic acids is 1. The van der Waals surface area contributed by atoms with E-state index in [0.717, 1.165) is 32.2 Å². The Labute approximate surface area is 168 Å². The lowest BCUT2D eigenvalue weighted by atomic mass is 9.80. The van der Waals surface area contributed by atoms with Gasteiger partial charge in [-0.05, 0) is 36.0 Å². The molecular formula is C22H30ClNO3. The van der Waals surface area contributed by atoms with Crippen molar-refractivity contribution < 1.29 is 31.9 Å². The van der Waals surface area contributed by atoms with Gasteiger partial charge in [0.2, 0.25) is 0 Å². The summed E-state index contributed by atoms with van der Waals surface area (Å²) in [5.74, 6) is 0.140. The van der Waals surface area contributed by atoms with Crippen LogP contribution in [0.1, 0.15) is 44.1 Å². The lowest BCUT2D eigenvalue weighted by molar-refractivity contribution is -0.908. The number of ether oxygens (including phenoxy) is 1. The minimum absolute atomic E-state index is 0. The van der Waals surface area contributed by atoms with Crippen LogP contribution in [-0.2, 0) is 15.1 Å². The maximum atomic E-state index is 12.9. The maximum Gasteiger partial charge on any atom is 0.343 e. The third kappa shape index (κ3) is 4.08. The molecule has 2 bridgehead atoms. The maximum absolute atomic E-state index is 12.9. The minimum Gasteiger partial charge on any atom is -1.00 e. The molecule has 3 heterocycles. The summed E-state index contributed by atoms with van der Waals surface area (Å²) in [6.45, 7) is 3.92. The minimum atomic E-state index is -1.52. The largest absolute Gasteiger partial charge is 1.00 e. The van der Waals surface area contributed by atoms with Gasteiger partial charge in [0.25, 0.3) is 0 Å².